The van der Waals surface area contributed by atoms with Crippen molar-refractivity contribution in [3.63, 3.8) is 0 Å². The largest absolute Gasteiger partial charge is 0.395 e. The van der Waals surface area contributed by atoms with E-state index in [1.54, 1.807) is 32.2 Å². The van der Waals surface area contributed by atoms with Gasteiger partial charge in [0.25, 0.3) is 5.91 Å². The van der Waals surface area contributed by atoms with Crippen molar-refractivity contribution in [1.29, 1.82) is 0 Å². The fourth-order valence-corrected chi connectivity index (χ4v) is 2.76. The lowest BCUT2D eigenvalue weighted by molar-refractivity contribution is 0.0940. The zero-order chi connectivity index (χ0) is 24.1. The summed E-state index contributed by atoms with van der Waals surface area (Å²) in [6.45, 7) is 7.26. The van der Waals surface area contributed by atoms with Crippen molar-refractivity contribution < 1.29 is 15.0 Å². The molecule has 9 heteroatoms. The average Bonchev–Trinajstić information content (AvgIpc) is 3.25. The van der Waals surface area contributed by atoms with E-state index in [1.165, 1.54) is 6.20 Å². The number of pyridine rings is 1. The molecule has 1 amide bonds. The van der Waals surface area contributed by atoms with Gasteiger partial charge in [-0.15, -0.1) is 0 Å². The zero-order valence-corrected chi connectivity index (χ0v) is 20.1. The van der Waals surface area contributed by atoms with Gasteiger partial charge in [0.05, 0.1) is 11.6 Å². The van der Waals surface area contributed by atoms with Gasteiger partial charge in [-0.3, -0.25) is 4.79 Å². The standard InChI is InChI=1S/C15H19ClN4O3.C6H5Cl.C2H6/c1-15(2,23)20-13-6-10(11(16)8-19-13)9-5-12(18-7-9)14(22)17-3-4-21;7-6-4-2-1-3-5-6;1-2/h5-8,18,21,23H,3-4H2,1-2H3,(H,17,22)(H,19,20);1-5H;1-2H3. The number of anilines is 1. The number of aromatic nitrogens is 2. The van der Waals surface area contributed by atoms with E-state index >= 15 is 0 Å². The average molecular weight is 481 g/mol. The molecular formula is C23H30Cl2N4O3. The van der Waals surface area contributed by atoms with E-state index in [0.29, 0.717) is 27.7 Å². The first-order valence-corrected chi connectivity index (χ1v) is 10.9. The maximum atomic E-state index is 11.8. The number of aromatic amines is 1. The second-order valence-electron chi connectivity index (χ2n) is 6.81. The molecule has 7 nitrogen and oxygen atoms in total. The number of rotatable bonds is 6. The number of carbonyl (C=O) groups is 1. The fraction of sp³-hybridized carbons (Fsp3) is 0.304. The summed E-state index contributed by atoms with van der Waals surface area (Å²) in [5.41, 5.74) is 0.625. The smallest absolute Gasteiger partial charge is 0.267 e. The Morgan fingerprint density at radius 3 is 2.34 bits per heavy atom. The van der Waals surface area contributed by atoms with Crippen LogP contribution in [-0.2, 0) is 0 Å². The van der Waals surface area contributed by atoms with Gasteiger partial charge in [-0.05, 0) is 38.1 Å². The second-order valence-corrected chi connectivity index (χ2v) is 7.65. The van der Waals surface area contributed by atoms with Crippen LogP contribution in [0.15, 0.2) is 54.9 Å². The number of halogens is 2. The first kappa shape index (κ1) is 27.5. The lowest BCUT2D eigenvalue weighted by atomic mass is 10.1. The molecule has 0 aliphatic carbocycles. The van der Waals surface area contributed by atoms with Crippen LogP contribution < -0.4 is 10.6 Å². The maximum Gasteiger partial charge on any atom is 0.267 e. The highest BCUT2D eigenvalue weighted by atomic mass is 35.5. The molecule has 174 valence electrons. The quantitative estimate of drug-likeness (QED) is 0.320. The Balaban J connectivity index is 0.000000477. The highest BCUT2D eigenvalue weighted by molar-refractivity contribution is 6.33. The molecule has 0 unspecified atom stereocenters. The number of benzene rings is 1. The Morgan fingerprint density at radius 1 is 1.16 bits per heavy atom. The number of amides is 1. The summed E-state index contributed by atoms with van der Waals surface area (Å²) in [5, 5.41) is 25.1. The van der Waals surface area contributed by atoms with Gasteiger partial charge in [0, 0.05) is 35.1 Å². The maximum absolute atomic E-state index is 11.8. The van der Waals surface area contributed by atoms with Gasteiger partial charge in [-0.1, -0.05) is 55.2 Å². The van der Waals surface area contributed by atoms with Crippen LogP contribution in [0.5, 0.6) is 0 Å². The molecule has 0 aliphatic rings. The van der Waals surface area contributed by atoms with Crippen LogP contribution in [0.4, 0.5) is 5.82 Å². The van der Waals surface area contributed by atoms with Gasteiger partial charge in [0.15, 0.2) is 0 Å². The van der Waals surface area contributed by atoms with Crippen LogP contribution in [0, 0.1) is 0 Å². The predicted octanol–water partition coefficient (Wildman–Crippen LogP) is 4.96. The Hall–Kier alpha value is -2.58. The van der Waals surface area contributed by atoms with Gasteiger partial charge < -0.3 is 25.8 Å². The zero-order valence-electron chi connectivity index (χ0n) is 18.6. The molecule has 0 spiro atoms. The van der Waals surface area contributed by atoms with Crippen molar-refractivity contribution in [2.75, 3.05) is 18.5 Å². The third-order valence-electron chi connectivity index (χ3n) is 3.66. The van der Waals surface area contributed by atoms with Crippen molar-refractivity contribution in [1.82, 2.24) is 15.3 Å². The Bertz CT molecular complexity index is 957. The normalized spacial score (nSPS) is 10.2. The monoisotopic (exact) mass is 480 g/mol. The molecule has 0 radical (unpaired) electrons. The third kappa shape index (κ3) is 9.70. The number of aliphatic hydroxyl groups excluding tert-OH is 1. The van der Waals surface area contributed by atoms with Crippen molar-refractivity contribution >= 4 is 34.9 Å². The van der Waals surface area contributed by atoms with Crippen LogP contribution in [0.1, 0.15) is 38.2 Å². The lowest BCUT2D eigenvalue weighted by Gasteiger charge is -2.20. The topological polar surface area (TPSA) is 110 Å². The lowest BCUT2D eigenvalue weighted by Crippen LogP contribution is -2.30. The molecule has 5 N–H and O–H groups in total. The van der Waals surface area contributed by atoms with Crippen molar-refractivity contribution in [3.8, 4) is 11.1 Å². The van der Waals surface area contributed by atoms with E-state index in [4.69, 9.17) is 28.3 Å². The number of hydrogen-bond donors (Lipinski definition) is 5. The first-order chi connectivity index (χ1) is 15.2. The summed E-state index contributed by atoms with van der Waals surface area (Å²) in [7, 11) is 0. The number of nitrogens with one attached hydrogen (secondary N) is 3. The molecule has 0 aliphatic heterocycles. The molecule has 2 heterocycles. The summed E-state index contributed by atoms with van der Waals surface area (Å²) in [5.74, 6) is 0.148. The molecule has 3 aromatic rings. The van der Waals surface area contributed by atoms with Gasteiger partial charge >= 0.3 is 0 Å². The summed E-state index contributed by atoms with van der Waals surface area (Å²) >= 11 is 11.7. The number of aliphatic hydroxyl groups is 2. The number of nitrogens with zero attached hydrogens (tertiary/aromatic N) is 1. The minimum atomic E-state index is -1.12. The number of carbonyl (C=O) groups excluding carboxylic acids is 1. The van der Waals surface area contributed by atoms with Crippen LogP contribution in [0.3, 0.4) is 0 Å². The molecular weight excluding hydrogens is 451 g/mol. The summed E-state index contributed by atoms with van der Waals surface area (Å²) < 4.78 is 0. The van der Waals surface area contributed by atoms with Crippen LogP contribution in [-0.4, -0.2) is 45.0 Å². The van der Waals surface area contributed by atoms with Gasteiger partial charge in [0.1, 0.15) is 17.2 Å². The highest BCUT2D eigenvalue weighted by Gasteiger charge is 2.15. The van der Waals surface area contributed by atoms with Gasteiger partial charge in [-0.25, -0.2) is 4.98 Å². The molecule has 1 aromatic carbocycles. The second kappa shape index (κ2) is 13.8. The molecule has 0 saturated carbocycles. The number of H-pyrrole nitrogens is 1. The molecule has 0 atom stereocenters. The van der Waals surface area contributed by atoms with E-state index in [9.17, 15) is 9.90 Å². The predicted molar refractivity (Wildman–Crippen MR) is 131 cm³/mol. The molecule has 0 saturated heterocycles. The molecule has 3 rings (SSSR count). The molecule has 0 fully saturated rings. The minimum absolute atomic E-state index is 0.124. The van der Waals surface area contributed by atoms with E-state index in [1.807, 2.05) is 44.2 Å². The third-order valence-corrected chi connectivity index (χ3v) is 4.21. The first-order valence-electron chi connectivity index (χ1n) is 10.1. The van der Waals surface area contributed by atoms with Gasteiger partial charge in [-0.2, -0.15) is 0 Å². The summed E-state index contributed by atoms with van der Waals surface area (Å²) in [4.78, 5) is 18.8. The van der Waals surface area contributed by atoms with E-state index in [-0.39, 0.29) is 19.1 Å². The molecule has 0 bridgehead atoms. The van der Waals surface area contributed by atoms with E-state index in [2.05, 4.69) is 20.6 Å². The van der Waals surface area contributed by atoms with E-state index < -0.39 is 5.72 Å². The SMILES string of the molecule is CC.CC(C)(O)Nc1cc(-c2c[nH]c(C(=O)NCCO)c2)c(Cl)cn1.Clc1ccccc1. The molecule has 32 heavy (non-hydrogen) atoms. The summed E-state index contributed by atoms with van der Waals surface area (Å²) in [6.07, 6.45) is 3.13. The van der Waals surface area contributed by atoms with E-state index in [0.717, 1.165) is 5.02 Å². The summed E-state index contributed by atoms with van der Waals surface area (Å²) in [6, 6.07) is 12.8. The van der Waals surface area contributed by atoms with Crippen molar-refractivity contribution in [3.05, 3.63) is 70.6 Å². The van der Waals surface area contributed by atoms with Gasteiger partial charge in [0.2, 0.25) is 0 Å². The fourth-order valence-electron chi connectivity index (χ4n) is 2.40. The highest BCUT2D eigenvalue weighted by Crippen LogP contribution is 2.30. The Labute approximate surface area is 198 Å². The van der Waals surface area contributed by atoms with Crippen LogP contribution >= 0.6 is 23.2 Å². The Kier molecular flexibility index (Phi) is 11.8. The van der Waals surface area contributed by atoms with Crippen LogP contribution in [0.25, 0.3) is 11.1 Å². The van der Waals surface area contributed by atoms with Crippen LogP contribution in [0.2, 0.25) is 10.0 Å². The minimum Gasteiger partial charge on any atom is -0.395 e. The van der Waals surface area contributed by atoms with Crippen molar-refractivity contribution in [2.24, 2.45) is 0 Å². The number of hydrogen-bond acceptors (Lipinski definition) is 5. The Morgan fingerprint density at radius 2 is 1.81 bits per heavy atom. The van der Waals surface area contributed by atoms with Crippen molar-refractivity contribution in [2.45, 2.75) is 33.4 Å². The molecule has 2 aromatic heterocycles.